The lowest BCUT2D eigenvalue weighted by Crippen LogP contribution is -2.60. The molecule has 2 aromatic carbocycles. The van der Waals surface area contributed by atoms with Gasteiger partial charge in [-0.3, -0.25) is 62.9 Å². The summed E-state index contributed by atoms with van der Waals surface area (Å²) in [6.07, 6.45) is 21.6. The predicted molar refractivity (Wildman–Crippen MR) is 425 cm³/mol. The average molecular weight is 1580 g/mol. The zero-order valence-corrected chi connectivity index (χ0v) is 65.9. The number of aromatic nitrogens is 3. The number of ketones is 1. The number of carbonyl (C=O) groups is 12. The van der Waals surface area contributed by atoms with Crippen molar-refractivity contribution in [3.8, 4) is 0 Å². The van der Waals surface area contributed by atoms with Crippen LogP contribution in [-0.4, -0.2) is 222 Å². The lowest BCUT2D eigenvalue weighted by Gasteiger charge is -2.31. The van der Waals surface area contributed by atoms with Crippen LogP contribution in [0.1, 0.15) is 198 Å². The number of nitrogens with one attached hydrogen (secondary N) is 14. The van der Waals surface area contributed by atoms with E-state index in [1.807, 2.05) is 31.2 Å². The number of aromatic amines is 2. The van der Waals surface area contributed by atoms with Crippen LogP contribution < -0.4 is 70.0 Å². The van der Waals surface area contributed by atoms with Gasteiger partial charge in [0.15, 0.2) is 5.96 Å². The lowest BCUT2D eigenvalue weighted by atomic mass is 10.0. The van der Waals surface area contributed by atoms with Gasteiger partial charge >= 0.3 is 0 Å². The fraction of sp³-hybridized carbons (Fsp3) is 0.625. The van der Waals surface area contributed by atoms with Gasteiger partial charge in [-0.2, -0.15) is 0 Å². The molecule has 33 nitrogen and oxygen atoms in total. The largest absolute Gasteiger partial charge is 0.391 e. The normalized spacial score (nSPS) is 19.7. The third kappa shape index (κ3) is 35.4. The molecule has 4 aromatic rings. The molecule has 2 aliphatic rings. The number of H-pyrrole nitrogens is 2. The van der Waals surface area contributed by atoms with Crippen molar-refractivity contribution < 1.29 is 72.1 Å². The van der Waals surface area contributed by atoms with Crippen LogP contribution in [0.2, 0.25) is 0 Å². The molecule has 0 aliphatic carbocycles. The number of nitrogens with zero attached hydrogens (tertiary/aromatic N) is 2. The number of imidazole rings is 1. The first-order chi connectivity index (χ1) is 54.6. The van der Waals surface area contributed by atoms with Crippen LogP contribution in [0.5, 0.6) is 0 Å². The number of aliphatic hydroxyl groups excluding tert-OH is 1. The summed E-state index contributed by atoms with van der Waals surface area (Å²) < 4.78 is 11.3. The highest BCUT2D eigenvalue weighted by atomic mass is 16.5. The number of hydrogen-bond acceptors (Lipinski definition) is 18. The molecule has 1 unspecified atom stereocenters. The molecule has 2 aliphatic heterocycles. The summed E-state index contributed by atoms with van der Waals surface area (Å²) in [5.74, 6) is -8.47. The number of primary amides is 1. The molecule has 0 saturated carbocycles. The van der Waals surface area contributed by atoms with Crippen LogP contribution in [0.3, 0.4) is 0 Å². The molecule has 2 saturated heterocycles. The van der Waals surface area contributed by atoms with Gasteiger partial charge in [-0.15, -0.1) is 0 Å². The van der Waals surface area contributed by atoms with E-state index in [1.165, 1.54) is 70.5 Å². The number of unbranched alkanes of at least 4 members (excludes halogenated alkanes) is 14. The van der Waals surface area contributed by atoms with Crippen molar-refractivity contribution in [3.63, 3.8) is 0 Å². The number of Topliss-reactive ketones (excluding diaryl/α,β-unsaturated/α-hetero) is 1. The Hall–Kier alpha value is -9.86. The third-order valence-corrected chi connectivity index (χ3v) is 20.0. The van der Waals surface area contributed by atoms with E-state index in [9.17, 15) is 57.8 Å². The number of fused-ring (bicyclic) bond motifs is 2. The van der Waals surface area contributed by atoms with E-state index in [0.717, 1.165) is 41.5 Å². The Morgan fingerprint density at radius 2 is 1.29 bits per heavy atom. The molecule has 6 rings (SSSR count). The average Bonchev–Trinajstić information content (AvgIpc) is 1.78. The first-order valence-corrected chi connectivity index (χ1v) is 40.6. The van der Waals surface area contributed by atoms with E-state index >= 15 is 4.79 Å². The van der Waals surface area contributed by atoms with Crippen LogP contribution in [0, 0.1) is 5.41 Å². The van der Waals surface area contributed by atoms with E-state index < -0.39 is 127 Å². The summed E-state index contributed by atoms with van der Waals surface area (Å²) in [6.45, 7) is 3.07. The van der Waals surface area contributed by atoms with Crippen molar-refractivity contribution in [1.29, 1.82) is 5.41 Å². The number of amides is 11. The number of rotatable bonds is 44. The van der Waals surface area contributed by atoms with Crippen LogP contribution in [0.4, 0.5) is 0 Å². The van der Waals surface area contributed by atoms with E-state index in [1.54, 1.807) is 42.7 Å². The molecular formula is C80H124N18O15. The standard InChI is InChI=1S/C80H124N18O15/c1-3-5-7-8-9-10-11-12-13-14-15-16-17-21-34-69(101)89-50-70(102)92-67(45-56-48-85-53-90-56)73(105)86-39-40-112-41-42-113-52-71(103)91-62(30-6-4-2)74(106)95-64-36-35-57(99)49-84-37-25-24-32-61(72(81)104)93-77(109)66(44-55-47-88-60-31-23-22-29-59(55)60)96-75(107)63(33-26-38-87-80(82)83)94-76(108)65(43-54-27-19-18-20-28-54)97-78(110)68-46-58(100)51-98(68)79(64)111/h18-20,22-23,27-29,31,47-48,53,58,61-68,84,88,100H,3-17,21,24-26,30,32-46,49-52H2,1-2H3,(H2,81,104)(H,85,90)(H,86,105)(H,89,101)(H,91,103)(H,92,102)(H,93,109)(H,94,108)(H,95,106)(H,96,107)(H,97,110)(H4,82,83,87)/t58-,61+,62+,63+,64+,65?,66+,67+,68+/m1/s1. The van der Waals surface area contributed by atoms with Crippen molar-refractivity contribution >= 4 is 87.6 Å². The minimum absolute atomic E-state index is 0.00738. The van der Waals surface area contributed by atoms with Gasteiger partial charge in [0, 0.05) is 81.5 Å². The summed E-state index contributed by atoms with van der Waals surface area (Å²) in [5, 5.41) is 50.1. The van der Waals surface area contributed by atoms with Crippen LogP contribution in [-0.2, 0) is 86.3 Å². The molecule has 11 amide bonds. The second kappa shape index (κ2) is 52.4. The summed E-state index contributed by atoms with van der Waals surface area (Å²) in [5.41, 5.74) is 13.9. The maximum atomic E-state index is 15.1. The number of carbonyl (C=O) groups excluding carboxylic acids is 12. The number of guanidine groups is 1. The summed E-state index contributed by atoms with van der Waals surface area (Å²) in [7, 11) is 0. The first kappa shape index (κ1) is 92.0. The molecule has 0 spiro atoms. The number of benzene rings is 2. The Kier molecular flexibility index (Phi) is 42.7. The maximum absolute atomic E-state index is 15.1. The highest BCUT2D eigenvalue weighted by Crippen LogP contribution is 2.24. The molecule has 4 heterocycles. The minimum atomic E-state index is -1.50. The molecule has 9 atom stereocenters. The van der Waals surface area contributed by atoms with Crippen LogP contribution in [0.15, 0.2) is 73.3 Å². The smallest absolute Gasteiger partial charge is 0.246 e. The van der Waals surface area contributed by atoms with E-state index in [0.29, 0.717) is 48.9 Å². The monoisotopic (exact) mass is 1580 g/mol. The van der Waals surface area contributed by atoms with E-state index in [2.05, 4.69) is 80.4 Å². The third-order valence-electron chi connectivity index (χ3n) is 20.0. The van der Waals surface area contributed by atoms with Gasteiger partial charge in [-0.25, -0.2) is 4.98 Å². The molecule has 0 bridgehead atoms. The Morgan fingerprint density at radius 1 is 0.646 bits per heavy atom. The van der Waals surface area contributed by atoms with Crippen molar-refractivity contribution in [3.05, 3.63) is 90.1 Å². The second-order valence-electron chi connectivity index (χ2n) is 29.3. The number of nitrogens with two attached hydrogens (primary N) is 2. The van der Waals surface area contributed by atoms with Crippen LogP contribution in [0.25, 0.3) is 10.9 Å². The minimum Gasteiger partial charge on any atom is -0.391 e. The SMILES string of the molecule is CCCCCCCCCCCCCCCCC(=O)NCC(=O)N[C@@H](Cc1c[nH]cn1)C(=O)NCCOCCOCC(=O)N[C@@H](CCCC)C(=O)N[C@H]1CCC(=O)CNCCCC[C@@H](C(N)=O)NC(=O)[C@H](Cc2c[nH]c3ccccc23)NC(=O)[C@H](CCCNC(=N)N)NC(=O)C(Cc2ccccc2)NC(=O)[C@@H]2C[C@@H](O)CN2C1=O. The van der Waals surface area contributed by atoms with Gasteiger partial charge in [-0.1, -0.05) is 159 Å². The zero-order valence-electron chi connectivity index (χ0n) is 65.9. The molecule has 2 fully saturated rings. The molecule has 33 heteroatoms. The van der Waals surface area contributed by atoms with Gasteiger partial charge in [0.2, 0.25) is 65.0 Å². The number of hydrogen-bond donors (Lipinski definition) is 17. The lowest BCUT2D eigenvalue weighted by molar-refractivity contribution is -0.143. The Bertz CT molecular complexity index is 3620. The fourth-order valence-corrected chi connectivity index (χ4v) is 13.7. The Labute approximate surface area is 662 Å². The van der Waals surface area contributed by atoms with E-state index in [4.69, 9.17) is 26.4 Å². The highest BCUT2D eigenvalue weighted by molar-refractivity contribution is 5.99. The van der Waals surface area contributed by atoms with Crippen molar-refractivity contribution in [2.45, 2.75) is 254 Å². The van der Waals surface area contributed by atoms with Gasteiger partial charge < -0.3 is 99.4 Å². The molecule has 113 heavy (non-hydrogen) atoms. The quantitative estimate of drug-likeness (QED) is 0.0172. The van der Waals surface area contributed by atoms with Gasteiger partial charge in [0.25, 0.3) is 0 Å². The Morgan fingerprint density at radius 3 is 1.99 bits per heavy atom. The zero-order chi connectivity index (χ0) is 81.5. The van der Waals surface area contributed by atoms with Gasteiger partial charge in [0.05, 0.1) is 51.0 Å². The predicted octanol–water partition coefficient (Wildman–Crippen LogP) is 2.47. The molecule has 0 radical (unpaired) electrons. The maximum Gasteiger partial charge on any atom is 0.246 e. The van der Waals surface area contributed by atoms with Crippen molar-refractivity contribution in [2.24, 2.45) is 11.5 Å². The number of para-hydroxylation sites is 1. The Balaban J connectivity index is 1.06. The second-order valence-corrected chi connectivity index (χ2v) is 29.3. The highest BCUT2D eigenvalue weighted by Gasteiger charge is 2.44. The van der Waals surface area contributed by atoms with Gasteiger partial charge in [0.1, 0.15) is 60.7 Å². The number of ether oxygens (including phenoxy) is 2. The molecule has 19 N–H and O–H groups in total. The summed E-state index contributed by atoms with van der Waals surface area (Å²) in [6, 6.07) is 5.34. The van der Waals surface area contributed by atoms with Crippen molar-refractivity contribution in [2.75, 3.05) is 65.7 Å². The molecule has 624 valence electrons. The summed E-state index contributed by atoms with van der Waals surface area (Å²) in [4.78, 5) is 179. The molecule has 2 aromatic heterocycles. The summed E-state index contributed by atoms with van der Waals surface area (Å²) >= 11 is 0. The molecular weight excluding hydrogens is 1450 g/mol. The fourth-order valence-electron chi connectivity index (χ4n) is 13.7. The first-order valence-electron chi connectivity index (χ1n) is 40.6. The topological polar surface area (TPSA) is 499 Å². The number of aliphatic hydroxyl groups is 1. The van der Waals surface area contributed by atoms with E-state index in [-0.39, 0.29) is 134 Å². The van der Waals surface area contributed by atoms with Gasteiger partial charge in [-0.05, 0) is 75.1 Å². The van der Waals surface area contributed by atoms with Crippen molar-refractivity contribution in [1.82, 2.24) is 78.3 Å². The van der Waals surface area contributed by atoms with Crippen LogP contribution >= 0.6 is 0 Å².